The Hall–Kier alpha value is -3.87. The van der Waals surface area contributed by atoms with Crippen LogP contribution in [-0.4, -0.2) is 25.0 Å². The fourth-order valence-electron chi connectivity index (χ4n) is 4.09. The molecule has 2 aromatic heterocycles. The number of benzene rings is 3. The predicted molar refractivity (Wildman–Crippen MR) is 143 cm³/mol. The lowest BCUT2D eigenvalue weighted by atomic mass is 9.97. The average Bonchev–Trinajstić information content (AvgIpc) is 3.24. The van der Waals surface area contributed by atoms with Gasteiger partial charge in [-0.2, -0.15) is 0 Å². The lowest BCUT2D eigenvalue weighted by Crippen LogP contribution is -2.02. The molecule has 0 aliphatic heterocycles. The van der Waals surface area contributed by atoms with Crippen molar-refractivity contribution in [1.82, 2.24) is 4.98 Å². The molecule has 0 aliphatic carbocycles. The number of pyridine rings is 1. The van der Waals surface area contributed by atoms with Crippen LogP contribution in [0.1, 0.15) is 15.2 Å². The summed E-state index contributed by atoms with van der Waals surface area (Å²) in [5.74, 6) is 1.01. The summed E-state index contributed by atoms with van der Waals surface area (Å²) in [6.45, 7) is 0. The molecule has 0 amide bonds. The van der Waals surface area contributed by atoms with Crippen LogP contribution in [0.25, 0.3) is 32.6 Å². The van der Waals surface area contributed by atoms with Crippen LogP contribution in [0.2, 0.25) is 5.02 Å². The van der Waals surface area contributed by atoms with Gasteiger partial charge in [-0.15, -0.1) is 11.3 Å². The van der Waals surface area contributed by atoms with Gasteiger partial charge in [-0.25, -0.2) is 4.98 Å². The smallest absolute Gasteiger partial charge is 0.205 e. The third-order valence-corrected chi connectivity index (χ3v) is 7.12. The lowest BCUT2D eigenvalue weighted by Gasteiger charge is -2.15. The van der Waals surface area contributed by atoms with Crippen molar-refractivity contribution < 1.29 is 14.3 Å². The third kappa shape index (κ3) is 4.11. The van der Waals surface area contributed by atoms with Gasteiger partial charge in [0.2, 0.25) is 5.78 Å². The summed E-state index contributed by atoms with van der Waals surface area (Å²) >= 11 is 7.29. The zero-order valence-corrected chi connectivity index (χ0v) is 20.6. The molecule has 0 saturated carbocycles. The standard InChI is InChI=1S/C28H21ClN2O3S/c1-33-22-10-6-9-19(26(22)34-2)20-15-21(16-7-4-3-5-8-16)31-28-23(20)24(30)27(35-28)25(32)17-11-13-18(29)14-12-17/h3-15H,30H2,1-2H3. The molecule has 2 heterocycles. The Kier molecular flexibility index (Phi) is 6.16. The number of halogens is 1. The van der Waals surface area contributed by atoms with Gasteiger partial charge in [0, 0.05) is 32.7 Å². The zero-order valence-electron chi connectivity index (χ0n) is 19.0. The molecule has 0 saturated heterocycles. The van der Waals surface area contributed by atoms with Crippen LogP contribution in [0.3, 0.4) is 0 Å². The van der Waals surface area contributed by atoms with Gasteiger partial charge in [-0.05, 0) is 36.4 Å². The molecule has 5 aromatic rings. The molecule has 0 fully saturated rings. The first kappa shape index (κ1) is 22.9. The van der Waals surface area contributed by atoms with Gasteiger partial charge in [0.15, 0.2) is 11.5 Å². The number of para-hydroxylation sites is 1. The highest BCUT2D eigenvalue weighted by molar-refractivity contribution is 7.21. The number of anilines is 1. The summed E-state index contributed by atoms with van der Waals surface area (Å²) in [5, 5.41) is 1.27. The highest BCUT2D eigenvalue weighted by atomic mass is 35.5. The van der Waals surface area contributed by atoms with Gasteiger partial charge in [0.25, 0.3) is 0 Å². The minimum Gasteiger partial charge on any atom is -0.493 e. The number of carbonyl (C=O) groups excluding carboxylic acids is 1. The van der Waals surface area contributed by atoms with E-state index in [0.717, 1.165) is 22.4 Å². The summed E-state index contributed by atoms with van der Waals surface area (Å²) in [7, 11) is 3.20. The van der Waals surface area contributed by atoms with Crippen molar-refractivity contribution in [3.63, 3.8) is 0 Å². The number of aromatic nitrogens is 1. The minimum atomic E-state index is -0.174. The minimum absolute atomic E-state index is 0.174. The molecule has 0 aliphatic rings. The molecular weight excluding hydrogens is 480 g/mol. The number of carbonyl (C=O) groups is 1. The number of ether oxygens (including phenoxy) is 2. The number of nitrogen functional groups attached to an aromatic ring is 1. The van der Waals surface area contributed by atoms with Crippen molar-refractivity contribution in [2.75, 3.05) is 20.0 Å². The topological polar surface area (TPSA) is 74.4 Å². The highest BCUT2D eigenvalue weighted by Crippen LogP contribution is 2.46. The molecule has 7 heteroatoms. The second-order valence-corrected chi connectivity index (χ2v) is 9.26. The first-order chi connectivity index (χ1) is 17.0. The Morgan fingerprint density at radius 3 is 2.34 bits per heavy atom. The number of nitrogens with two attached hydrogens (primary N) is 1. The molecule has 0 bridgehead atoms. The molecule has 174 valence electrons. The molecule has 0 spiro atoms. The number of hydrogen-bond acceptors (Lipinski definition) is 6. The molecule has 2 N–H and O–H groups in total. The van der Waals surface area contributed by atoms with E-state index in [9.17, 15) is 4.79 Å². The largest absolute Gasteiger partial charge is 0.493 e. The van der Waals surface area contributed by atoms with Crippen LogP contribution in [-0.2, 0) is 0 Å². The fourth-order valence-corrected chi connectivity index (χ4v) is 5.30. The molecule has 5 nitrogen and oxygen atoms in total. The maximum Gasteiger partial charge on any atom is 0.205 e. The van der Waals surface area contributed by atoms with Crippen molar-refractivity contribution in [3.8, 4) is 33.9 Å². The molecule has 0 atom stereocenters. The number of hydrogen-bond donors (Lipinski definition) is 1. The number of methoxy groups -OCH3 is 2. The first-order valence-corrected chi connectivity index (χ1v) is 12.0. The SMILES string of the molecule is COc1cccc(-c2cc(-c3ccccc3)nc3sc(C(=O)c4ccc(Cl)cc4)c(N)c23)c1OC. The van der Waals surface area contributed by atoms with Gasteiger partial charge < -0.3 is 15.2 Å². The van der Waals surface area contributed by atoms with Crippen LogP contribution in [0.4, 0.5) is 5.69 Å². The lowest BCUT2D eigenvalue weighted by molar-refractivity contribution is 0.104. The van der Waals surface area contributed by atoms with Gasteiger partial charge in [0.1, 0.15) is 9.71 Å². The van der Waals surface area contributed by atoms with Gasteiger partial charge >= 0.3 is 0 Å². The Bertz CT molecular complexity index is 1550. The maximum atomic E-state index is 13.4. The van der Waals surface area contributed by atoms with E-state index in [4.69, 9.17) is 31.8 Å². The van der Waals surface area contributed by atoms with E-state index >= 15 is 0 Å². The second-order valence-electron chi connectivity index (χ2n) is 7.82. The van der Waals surface area contributed by atoms with Gasteiger partial charge in [0.05, 0.1) is 25.6 Å². The number of fused-ring (bicyclic) bond motifs is 1. The van der Waals surface area contributed by atoms with Crippen molar-refractivity contribution in [3.05, 3.63) is 94.3 Å². The highest BCUT2D eigenvalue weighted by Gasteiger charge is 2.24. The van der Waals surface area contributed by atoms with Crippen LogP contribution >= 0.6 is 22.9 Å². The van der Waals surface area contributed by atoms with E-state index in [2.05, 4.69) is 0 Å². The van der Waals surface area contributed by atoms with Crippen molar-refractivity contribution in [1.29, 1.82) is 0 Å². The third-order valence-electron chi connectivity index (χ3n) is 5.77. The molecule has 5 rings (SSSR count). The van der Waals surface area contributed by atoms with E-state index in [1.807, 2.05) is 54.6 Å². The summed E-state index contributed by atoms with van der Waals surface area (Å²) < 4.78 is 11.3. The Labute approximate surface area is 211 Å². The number of nitrogens with zero attached hydrogens (tertiary/aromatic N) is 1. The van der Waals surface area contributed by atoms with Crippen LogP contribution < -0.4 is 15.2 Å². The van der Waals surface area contributed by atoms with Crippen LogP contribution in [0.5, 0.6) is 11.5 Å². The number of rotatable bonds is 6. The Morgan fingerprint density at radius 2 is 1.66 bits per heavy atom. The van der Waals surface area contributed by atoms with Crippen LogP contribution in [0, 0.1) is 0 Å². The molecule has 0 unspecified atom stereocenters. The number of thiophene rings is 1. The predicted octanol–water partition coefficient (Wildman–Crippen LogP) is 7.11. The van der Waals surface area contributed by atoms with Gasteiger partial charge in [-0.1, -0.05) is 54.1 Å². The first-order valence-electron chi connectivity index (χ1n) is 10.8. The van der Waals surface area contributed by atoms with E-state index in [1.165, 1.54) is 11.3 Å². The van der Waals surface area contributed by atoms with Crippen molar-refractivity contribution in [2.45, 2.75) is 0 Å². The molecule has 3 aromatic carbocycles. The monoisotopic (exact) mass is 500 g/mol. The van der Waals surface area contributed by atoms with Crippen molar-refractivity contribution >= 4 is 44.6 Å². The van der Waals surface area contributed by atoms with E-state index in [1.54, 1.807) is 38.5 Å². The maximum absolute atomic E-state index is 13.4. The normalized spacial score (nSPS) is 10.9. The Balaban J connectivity index is 1.80. The summed E-state index contributed by atoms with van der Waals surface area (Å²) in [4.78, 5) is 19.4. The van der Waals surface area contributed by atoms with Crippen molar-refractivity contribution in [2.24, 2.45) is 0 Å². The zero-order chi connectivity index (χ0) is 24.5. The van der Waals surface area contributed by atoms with Gasteiger partial charge in [-0.3, -0.25) is 4.79 Å². The number of ketones is 1. The van der Waals surface area contributed by atoms with E-state index in [0.29, 0.717) is 42.9 Å². The molecule has 0 radical (unpaired) electrons. The summed E-state index contributed by atoms with van der Waals surface area (Å²) in [6, 6.07) is 24.3. The quantitative estimate of drug-likeness (QED) is 0.251. The molecular formula is C28H21ClN2O3S. The average molecular weight is 501 g/mol. The van der Waals surface area contributed by atoms with Crippen LogP contribution in [0.15, 0.2) is 78.9 Å². The molecule has 35 heavy (non-hydrogen) atoms. The fraction of sp³-hybridized carbons (Fsp3) is 0.0714. The van der Waals surface area contributed by atoms with E-state index in [-0.39, 0.29) is 5.78 Å². The Morgan fingerprint density at radius 1 is 0.914 bits per heavy atom. The second kappa shape index (κ2) is 9.41. The van der Waals surface area contributed by atoms with E-state index < -0.39 is 0 Å². The summed E-state index contributed by atoms with van der Waals surface area (Å²) in [5.41, 5.74) is 10.9. The summed E-state index contributed by atoms with van der Waals surface area (Å²) in [6.07, 6.45) is 0.